The Morgan fingerprint density at radius 1 is 1.75 bits per heavy atom. The topological polar surface area (TPSA) is 125 Å². The number of nitrogens with one attached hydrogen (secondary N) is 1. The maximum atomic E-state index is 10.4. The molecular weight excluding hydrogens is 164 g/mol. The van der Waals surface area contributed by atoms with Gasteiger partial charge in [-0.3, -0.25) is 5.10 Å². The molecule has 5 N–H and O–H groups in total. The van der Waals surface area contributed by atoms with Gasteiger partial charge in [-0.25, -0.2) is 4.79 Å². The van der Waals surface area contributed by atoms with Crippen LogP contribution in [-0.4, -0.2) is 32.2 Å². The molecule has 0 amide bonds. The molecule has 0 radical (unpaired) electrons. The van der Waals surface area contributed by atoms with Gasteiger partial charge in [0.2, 0.25) is 5.71 Å². The van der Waals surface area contributed by atoms with Crippen molar-refractivity contribution in [3.05, 3.63) is 11.8 Å². The third kappa shape index (κ3) is 1.34. The summed E-state index contributed by atoms with van der Waals surface area (Å²) in [5.41, 5.74) is 4.73. The Kier molecular flexibility index (Phi) is 1.95. The van der Waals surface area contributed by atoms with Gasteiger partial charge in [-0.1, -0.05) is 5.16 Å². The van der Waals surface area contributed by atoms with Crippen LogP contribution < -0.4 is 5.73 Å². The van der Waals surface area contributed by atoms with Crippen LogP contribution in [0.5, 0.6) is 0 Å². The number of nitrogens with zero attached hydrogens (tertiary/aromatic N) is 2. The van der Waals surface area contributed by atoms with Crippen LogP contribution in [-0.2, 0) is 4.79 Å². The molecule has 1 rings (SSSR count). The number of carboxylic acid groups (broad SMARTS) is 1. The fraction of sp³-hybridized carbons (Fsp3) is 0. The first-order valence-electron chi connectivity index (χ1n) is 2.91. The number of rotatable bonds is 2. The van der Waals surface area contributed by atoms with Crippen molar-refractivity contribution in [2.24, 2.45) is 5.16 Å². The quantitative estimate of drug-likeness (QED) is 0.264. The van der Waals surface area contributed by atoms with Gasteiger partial charge >= 0.3 is 5.97 Å². The molecule has 0 saturated heterocycles. The zero-order valence-corrected chi connectivity index (χ0v) is 5.85. The summed E-state index contributed by atoms with van der Waals surface area (Å²) >= 11 is 0. The van der Waals surface area contributed by atoms with E-state index in [1.807, 2.05) is 0 Å². The van der Waals surface area contributed by atoms with E-state index in [2.05, 4.69) is 15.4 Å². The average molecular weight is 170 g/mol. The summed E-state index contributed by atoms with van der Waals surface area (Å²) < 4.78 is 0. The van der Waals surface area contributed by atoms with E-state index in [1.54, 1.807) is 0 Å². The summed E-state index contributed by atoms with van der Waals surface area (Å²) in [6.45, 7) is 0. The first-order valence-corrected chi connectivity index (χ1v) is 2.91. The minimum absolute atomic E-state index is 0.0579. The van der Waals surface area contributed by atoms with Crippen LogP contribution >= 0.6 is 0 Å². The van der Waals surface area contributed by atoms with E-state index in [9.17, 15) is 4.79 Å². The summed E-state index contributed by atoms with van der Waals surface area (Å²) in [6.07, 6.45) is 0. The lowest BCUT2D eigenvalue weighted by Gasteiger charge is -1.91. The first-order chi connectivity index (χ1) is 5.65. The van der Waals surface area contributed by atoms with Gasteiger partial charge in [-0.15, -0.1) is 0 Å². The van der Waals surface area contributed by atoms with Crippen molar-refractivity contribution < 1.29 is 15.1 Å². The Labute approximate surface area is 66.5 Å². The van der Waals surface area contributed by atoms with E-state index >= 15 is 0 Å². The number of aromatic nitrogens is 2. The molecule has 0 spiro atoms. The number of hydrogen-bond acceptors (Lipinski definition) is 5. The normalized spacial score (nSPS) is 11.5. The molecule has 7 nitrogen and oxygen atoms in total. The fourth-order valence-corrected chi connectivity index (χ4v) is 0.670. The molecular formula is C5H6N4O3. The molecule has 0 bridgehead atoms. The molecule has 0 fully saturated rings. The van der Waals surface area contributed by atoms with Crippen LogP contribution in [0.3, 0.4) is 0 Å². The number of oxime groups is 1. The van der Waals surface area contributed by atoms with Gasteiger partial charge < -0.3 is 16.0 Å². The molecule has 0 aromatic carbocycles. The zero-order valence-electron chi connectivity index (χ0n) is 5.85. The number of nitrogen functional groups attached to an aromatic ring is 1. The second kappa shape index (κ2) is 2.91. The van der Waals surface area contributed by atoms with Crippen LogP contribution in [0.2, 0.25) is 0 Å². The predicted octanol–water partition coefficient (Wildman–Crippen LogP) is -0.745. The van der Waals surface area contributed by atoms with E-state index < -0.39 is 11.7 Å². The third-order valence-corrected chi connectivity index (χ3v) is 1.16. The van der Waals surface area contributed by atoms with Crippen molar-refractivity contribution in [1.29, 1.82) is 0 Å². The Morgan fingerprint density at radius 3 is 2.75 bits per heavy atom. The first kappa shape index (κ1) is 8.05. The Bertz CT molecular complexity index is 329. The molecule has 0 unspecified atom stereocenters. The molecule has 0 aliphatic heterocycles. The minimum Gasteiger partial charge on any atom is -0.476 e. The monoisotopic (exact) mass is 170 g/mol. The Hall–Kier alpha value is -2.05. The molecule has 1 aromatic heterocycles. The highest BCUT2D eigenvalue weighted by Crippen LogP contribution is 2.01. The summed E-state index contributed by atoms with van der Waals surface area (Å²) in [5, 5.41) is 25.1. The van der Waals surface area contributed by atoms with E-state index in [4.69, 9.17) is 16.0 Å². The summed E-state index contributed by atoms with van der Waals surface area (Å²) in [4.78, 5) is 10.4. The number of anilines is 1. The minimum atomic E-state index is -1.36. The van der Waals surface area contributed by atoms with Gasteiger partial charge in [-0.05, 0) is 0 Å². The predicted molar refractivity (Wildman–Crippen MR) is 39.0 cm³/mol. The maximum Gasteiger partial charge on any atom is 0.360 e. The van der Waals surface area contributed by atoms with Crippen LogP contribution in [0.25, 0.3) is 0 Å². The zero-order chi connectivity index (χ0) is 9.14. The van der Waals surface area contributed by atoms with Crippen molar-refractivity contribution in [3.8, 4) is 0 Å². The lowest BCUT2D eigenvalue weighted by Crippen LogP contribution is -2.14. The van der Waals surface area contributed by atoms with Gasteiger partial charge in [0.15, 0.2) is 0 Å². The summed E-state index contributed by atoms with van der Waals surface area (Å²) in [7, 11) is 0. The number of nitrogens with two attached hydrogens (primary N) is 1. The molecule has 7 heteroatoms. The number of aliphatic carboxylic acids is 1. The highest BCUT2D eigenvalue weighted by Gasteiger charge is 2.15. The smallest absolute Gasteiger partial charge is 0.360 e. The highest BCUT2D eigenvalue weighted by molar-refractivity contribution is 6.41. The molecule has 0 aliphatic carbocycles. The lowest BCUT2D eigenvalue weighted by atomic mass is 10.3. The molecule has 0 aliphatic rings. The van der Waals surface area contributed by atoms with E-state index in [-0.39, 0.29) is 11.5 Å². The molecule has 0 saturated carbocycles. The molecule has 0 atom stereocenters. The maximum absolute atomic E-state index is 10.4. The van der Waals surface area contributed by atoms with Gasteiger partial charge in [0, 0.05) is 6.07 Å². The Morgan fingerprint density at radius 2 is 2.42 bits per heavy atom. The number of hydrogen-bond donors (Lipinski definition) is 4. The third-order valence-electron chi connectivity index (χ3n) is 1.16. The fourth-order valence-electron chi connectivity index (χ4n) is 0.670. The number of carbonyl (C=O) groups is 1. The van der Waals surface area contributed by atoms with E-state index in [0.29, 0.717) is 0 Å². The number of aromatic amines is 1. The summed E-state index contributed by atoms with van der Waals surface area (Å²) in [5.74, 6) is -1.23. The van der Waals surface area contributed by atoms with E-state index in [0.717, 1.165) is 0 Å². The van der Waals surface area contributed by atoms with Crippen LogP contribution in [0.4, 0.5) is 5.82 Å². The van der Waals surface area contributed by atoms with Crippen molar-refractivity contribution in [2.45, 2.75) is 0 Å². The highest BCUT2D eigenvalue weighted by atomic mass is 16.4. The average Bonchev–Trinajstić information content (AvgIpc) is 2.37. The molecule has 64 valence electrons. The van der Waals surface area contributed by atoms with Gasteiger partial charge in [0.1, 0.15) is 5.82 Å². The van der Waals surface area contributed by atoms with Crippen LogP contribution in [0, 0.1) is 0 Å². The molecule has 12 heavy (non-hydrogen) atoms. The largest absolute Gasteiger partial charge is 0.476 e. The molecule has 1 aromatic rings. The van der Waals surface area contributed by atoms with Crippen LogP contribution in [0.15, 0.2) is 11.2 Å². The Balaban J connectivity index is 3.04. The molecule has 1 heterocycles. The van der Waals surface area contributed by atoms with Crippen molar-refractivity contribution in [3.63, 3.8) is 0 Å². The summed E-state index contributed by atoms with van der Waals surface area (Å²) in [6, 6.07) is 1.25. The second-order valence-corrected chi connectivity index (χ2v) is 1.96. The van der Waals surface area contributed by atoms with Gasteiger partial charge in [0.25, 0.3) is 0 Å². The second-order valence-electron chi connectivity index (χ2n) is 1.96. The SMILES string of the molecule is Nc1cc(/C(=N/O)C(=O)O)[nH]n1. The number of H-pyrrole nitrogens is 1. The van der Waals surface area contributed by atoms with E-state index in [1.165, 1.54) is 6.07 Å². The van der Waals surface area contributed by atoms with Crippen molar-refractivity contribution in [1.82, 2.24) is 10.2 Å². The number of carboxylic acids is 1. The van der Waals surface area contributed by atoms with Crippen LogP contribution in [0.1, 0.15) is 5.69 Å². The van der Waals surface area contributed by atoms with Gasteiger partial charge in [-0.2, -0.15) is 5.10 Å². The lowest BCUT2D eigenvalue weighted by molar-refractivity contribution is -0.129. The van der Waals surface area contributed by atoms with Crippen molar-refractivity contribution in [2.75, 3.05) is 5.73 Å². The van der Waals surface area contributed by atoms with Gasteiger partial charge in [0.05, 0.1) is 5.69 Å². The standard InChI is InChI=1S/C5H6N4O3/c6-3-1-2(7-8-3)4(9-12)5(10)11/h1,12H,(H,10,11)(H3,6,7,8)/b9-4-. The van der Waals surface area contributed by atoms with Crippen molar-refractivity contribution >= 4 is 17.5 Å².